The highest BCUT2D eigenvalue weighted by Gasteiger charge is 2.59. The van der Waals surface area contributed by atoms with Crippen LogP contribution in [0.15, 0.2) is 5.51 Å². The van der Waals surface area contributed by atoms with E-state index in [1.54, 1.807) is 5.51 Å². The minimum Gasteiger partial charge on any atom is -0.387 e. The molecule has 0 radical (unpaired) electrons. The van der Waals surface area contributed by atoms with Gasteiger partial charge in [-0.05, 0) is 13.3 Å². The van der Waals surface area contributed by atoms with E-state index in [2.05, 4.69) is 10.3 Å². The Labute approximate surface area is 129 Å². The van der Waals surface area contributed by atoms with Gasteiger partial charge in [0.2, 0.25) is 0 Å². The molecule has 0 bridgehead atoms. The first-order chi connectivity index (χ1) is 9.85. The van der Waals surface area contributed by atoms with Crippen molar-refractivity contribution in [1.82, 2.24) is 10.3 Å². The molecule has 1 aliphatic rings. The average molecular weight is 312 g/mol. The number of carbonyl (C=O) groups is 1. The van der Waals surface area contributed by atoms with Crippen molar-refractivity contribution >= 4 is 17.2 Å². The molecule has 2 N–H and O–H groups in total. The number of aromatic nitrogens is 1. The Morgan fingerprint density at radius 3 is 2.86 bits per heavy atom. The molecule has 1 aromatic rings. The lowest BCUT2D eigenvalue weighted by Gasteiger charge is -2.57. The molecular weight excluding hydrogens is 288 g/mol. The van der Waals surface area contributed by atoms with Crippen molar-refractivity contribution in [3.63, 3.8) is 0 Å². The normalized spacial score (nSPS) is 27.2. The summed E-state index contributed by atoms with van der Waals surface area (Å²) in [6.07, 6.45) is 1.32. The van der Waals surface area contributed by atoms with Crippen molar-refractivity contribution in [1.29, 1.82) is 0 Å². The molecule has 118 valence electrons. The fourth-order valence-corrected chi connectivity index (χ4v) is 3.57. The fourth-order valence-electron chi connectivity index (χ4n) is 2.77. The summed E-state index contributed by atoms with van der Waals surface area (Å²) >= 11 is 1.34. The highest BCUT2D eigenvalue weighted by Crippen LogP contribution is 2.50. The van der Waals surface area contributed by atoms with Crippen molar-refractivity contribution in [2.75, 3.05) is 13.2 Å². The van der Waals surface area contributed by atoms with Crippen LogP contribution in [-0.4, -0.2) is 40.9 Å². The molecule has 0 spiro atoms. The van der Waals surface area contributed by atoms with Gasteiger partial charge in [0.25, 0.3) is 5.91 Å². The van der Waals surface area contributed by atoms with Gasteiger partial charge in [-0.3, -0.25) is 4.79 Å². The Kier molecular flexibility index (Phi) is 4.70. The van der Waals surface area contributed by atoms with Crippen LogP contribution in [0.4, 0.5) is 0 Å². The van der Waals surface area contributed by atoms with Crippen LogP contribution in [0.25, 0.3) is 0 Å². The standard InChI is InChI=1S/C15H24N2O3S/c1-5-10-12(21-9-17-10)13(18)16-8-15(19)7-11(20-6-2)14(15,3)4/h9,11,19H,5-8H2,1-4H3,(H,16,18)/t11-,15-/m0/s1. The number of rotatable bonds is 6. The van der Waals surface area contributed by atoms with Gasteiger partial charge in [-0.2, -0.15) is 0 Å². The molecule has 0 unspecified atom stereocenters. The van der Waals surface area contributed by atoms with Gasteiger partial charge < -0.3 is 15.2 Å². The summed E-state index contributed by atoms with van der Waals surface area (Å²) in [4.78, 5) is 17.0. The van der Waals surface area contributed by atoms with Crippen molar-refractivity contribution in [2.24, 2.45) is 5.41 Å². The summed E-state index contributed by atoms with van der Waals surface area (Å²) in [5, 5.41) is 13.5. The summed E-state index contributed by atoms with van der Waals surface area (Å²) < 4.78 is 5.62. The zero-order valence-electron chi connectivity index (χ0n) is 13.1. The van der Waals surface area contributed by atoms with Gasteiger partial charge >= 0.3 is 0 Å². The number of aryl methyl sites for hydroxylation is 1. The van der Waals surface area contributed by atoms with Crippen LogP contribution in [0.5, 0.6) is 0 Å². The third-order valence-electron chi connectivity index (χ3n) is 4.62. The van der Waals surface area contributed by atoms with E-state index in [0.717, 1.165) is 12.1 Å². The molecular formula is C15H24N2O3S. The third kappa shape index (κ3) is 2.84. The second-order valence-electron chi connectivity index (χ2n) is 6.07. The largest absolute Gasteiger partial charge is 0.387 e. The number of aliphatic hydroxyl groups is 1. The smallest absolute Gasteiger partial charge is 0.263 e. The molecule has 6 heteroatoms. The molecule has 2 atom stereocenters. The molecule has 0 aliphatic heterocycles. The molecule has 0 saturated heterocycles. The molecule has 1 aromatic heterocycles. The quantitative estimate of drug-likeness (QED) is 0.843. The van der Waals surface area contributed by atoms with Crippen molar-refractivity contribution in [2.45, 2.75) is 52.2 Å². The Hall–Kier alpha value is -0.980. The zero-order chi connectivity index (χ0) is 15.7. The van der Waals surface area contributed by atoms with E-state index in [1.807, 2.05) is 27.7 Å². The highest BCUT2D eigenvalue weighted by atomic mass is 32.1. The first-order valence-corrected chi connectivity index (χ1v) is 8.28. The van der Waals surface area contributed by atoms with Crippen LogP contribution >= 0.6 is 11.3 Å². The lowest BCUT2D eigenvalue weighted by atomic mass is 9.56. The Bertz CT molecular complexity index is 515. The van der Waals surface area contributed by atoms with Crippen molar-refractivity contribution in [3.8, 4) is 0 Å². The second-order valence-corrected chi connectivity index (χ2v) is 6.92. The minimum atomic E-state index is -0.917. The maximum Gasteiger partial charge on any atom is 0.263 e. The number of hydrogen-bond donors (Lipinski definition) is 2. The van der Waals surface area contributed by atoms with E-state index in [-0.39, 0.29) is 24.0 Å². The van der Waals surface area contributed by atoms with Crippen LogP contribution in [0.1, 0.15) is 49.5 Å². The number of hydrogen-bond acceptors (Lipinski definition) is 5. The fraction of sp³-hybridized carbons (Fsp3) is 0.733. The highest BCUT2D eigenvalue weighted by molar-refractivity contribution is 7.11. The van der Waals surface area contributed by atoms with Gasteiger partial charge in [-0.15, -0.1) is 11.3 Å². The molecule has 1 heterocycles. The van der Waals surface area contributed by atoms with Gasteiger partial charge in [0.05, 0.1) is 22.9 Å². The zero-order valence-corrected chi connectivity index (χ0v) is 13.9. The molecule has 5 nitrogen and oxygen atoms in total. The first-order valence-electron chi connectivity index (χ1n) is 7.40. The predicted octanol–water partition coefficient (Wildman–Crippen LogP) is 2.00. The van der Waals surface area contributed by atoms with E-state index < -0.39 is 5.60 Å². The number of carbonyl (C=O) groups excluding carboxylic acids is 1. The number of nitrogens with zero attached hydrogens (tertiary/aromatic N) is 1. The Morgan fingerprint density at radius 2 is 2.29 bits per heavy atom. The van der Waals surface area contributed by atoms with Gasteiger partial charge in [0.15, 0.2) is 0 Å². The predicted molar refractivity (Wildman–Crippen MR) is 82.6 cm³/mol. The van der Waals surface area contributed by atoms with Crippen LogP contribution in [-0.2, 0) is 11.2 Å². The van der Waals surface area contributed by atoms with E-state index in [0.29, 0.717) is 17.9 Å². The first kappa shape index (κ1) is 16.4. The number of amides is 1. The van der Waals surface area contributed by atoms with Crippen molar-refractivity contribution in [3.05, 3.63) is 16.1 Å². The number of ether oxygens (including phenoxy) is 1. The summed E-state index contributed by atoms with van der Waals surface area (Å²) in [5.74, 6) is -0.154. The third-order valence-corrected chi connectivity index (χ3v) is 5.49. The van der Waals surface area contributed by atoms with Gasteiger partial charge in [-0.25, -0.2) is 4.98 Å². The monoisotopic (exact) mass is 312 g/mol. The molecule has 0 aromatic carbocycles. The lowest BCUT2D eigenvalue weighted by molar-refractivity contribution is -0.237. The van der Waals surface area contributed by atoms with Crippen LogP contribution in [0, 0.1) is 5.41 Å². The summed E-state index contributed by atoms with van der Waals surface area (Å²) in [6, 6.07) is 0. The summed E-state index contributed by atoms with van der Waals surface area (Å²) in [7, 11) is 0. The van der Waals surface area contributed by atoms with Gasteiger partial charge in [0.1, 0.15) is 4.88 Å². The van der Waals surface area contributed by atoms with Crippen LogP contribution in [0.2, 0.25) is 0 Å². The van der Waals surface area contributed by atoms with E-state index in [4.69, 9.17) is 4.74 Å². The molecule has 1 fully saturated rings. The summed E-state index contributed by atoms with van der Waals surface area (Å²) in [6.45, 7) is 8.76. The number of thiazole rings is 1. The maximum atomic E-state index is 12.2. The molecule has 21 heavy (non-hydrogen) atoms. The molecule has 1 amide bonds. The van der Waals surface area contributed by atoms with E-state index in [9.17, 15) is 9.90 Å². The summed E-state index contributed by atoms with van der Waals surface area (Å²) in [5.41, 5.74) is 1.21. The Balaban J connectivity index is 1.96. The van der Waals surface area contributed by atoms with Crippen molar-refractivity contribution < 1.29 is 14.6 Å². The second kappa shape index (κ2) is 6.02. The molecule has 1 aliphatic carbocycles. The van der Waals surface area contributed by atoms with E-state index in [1.165, 1.54) is 11.3 Å². The topological polar surface area (TPSA) is 71.5 Å². The molecule has 1 saturated carbocycles. The average Bonchev–Trinajstić information content (AvgIpc) is 2.93. The van der Waals surface area contributed by atoms with Gasteiger partial charge in [-0.1, -0.05) is 20.8 Å². The van der Waals surface area contributed by atoms with Gasteiger partial charge in [0, 0.05) is 25.0 Å². The minimum absolute atomic E-state index is 0.0407. The van der Waals surface area contributed by atoms with E-state index >= 15 is 0 Å². The molecule has 2 rings (SSSR count). The number of nitrogens with one attached hydrogen (secondary N) is 1. The Morgan fingerprint density at radius 1 is 1.57 bits per heavy atom. The SMILES string of the molecule is CCO[C@H]1C[C@](O)(CNC(=O)c2scnc2CC)C1(C)C. The van der Waals surface area contributed by atoms with Crippen LogP contribution in [0.3, 0.4) is 0 Å². The lowest BCUT2D eigenvalue weighted by Crippen LogP contribution is -2.68. The van der Waals surface area contributed by atoms with Crippen LogP contribution < -0.4 is 5.32 Å². The maximum absolute atomic E-state index is 12.2.